The van der Waals surface area contributed by atoms with Gasteiger partial charge in [-0.15, -0.1) is 0 Å². The number of aryl methyl sites for hydroxylation is 2. The van der Waals surface area contributed by atoms with Gasteiger partial charge in [-0.25, -0.2) is 0 Å². The van der Waals surface area contributed by atoms with Crippen LogP contribution in [0.5, 0.6) is 0 Å². The lowest BCUT2D eigenvalue weighted by Gasteiger charge is -2.20. The number of benzene rings is 1. The minimum atomic E-state index is -0.266. The van der Waals surface area contributed by atoms with Crippen molar-refractivity contribution >= 4 is 23.0 Å². The summed E-state index contributed by atoms with van der Waals surface area (Å²) in [6.07, 6.45) is 1.13. The Morgan fingerprint density at radius 1 is 1.37 bits per heavy atom. The van der Waals surface area contributed by atoms with Gasteiger partial charge in [0.2, 0.25) is 11.6 Å². The molecule has 1 aromatic rings. The number of anilines is 2. The maximum atomic E-state index is 11.4. The Labute approximate surface area is 110 Å². The summed E-state index contributed by atoms with van der Waals surface area (Å²) in [5.41, 5.74) is 5.69. The van der Waals surface area contributed by atoms with E-state index in [4.69, 9.17) is 10.5 Å². The first-order chi connectivity index (χ1) is 9.13. The maximum absolute atomic E-state index is 11.4. The zero-order valence-corrected chi connectivity index (χ0v) is 10.3. The van der Waals surface area contributed by atoms with Gasteiger partial charge in [-0.3, -0.25) is 10.2 Å². The predicted octanol–water partition coefficient (Wildman–Crippen LogP) is 1.69. The molecule has 0 aromatic heterocycles. The predicted molar refractivity (Wildman–Crippen MR) is 70.4 cm³/mol. The second-order valence-electron chi connectivity index (χ2n) is 4.19. The second kappa shape index (κ2) is 5.19. The fourth-order valence-corrected chi connectivity index (χ4v) is 1.94. The third-order valence-corrected chi connectivity index (χ3v) is 2.75. The molecule has 6 nitrogen and oxygen atoms in total. The molecular formula is C13H11N5O. The number of carbonyl (C=O) groups excluding carboxylic acids is 1. The summed E-state index contributed by atoms with van der Waals surface area (Å²) in [7, 11) is 0. The van der Waals surface area contributed by atoms with Crippen LogP contribution in [0.15, 0.2) is 17.2 Å². The molecule has 0 bridgehead atoms. The fraction of sp³-hybridized carbons (Fsp3) is 0.231. The molecular weight excluding hydrogens is 242 g/mol. The molecule has 0 fully saturated rings. The van der Waals surface area contributed by atoms with Crippen molar-refractivity contribution in [3.63, 3.8) is 0 Å². The molecule has 0 saturated carbocycles. The van der Waals surface area contributed by atoms with Gasteiger partial charge in [-0.1, -0.05) is 6.07 Å². The van der Waals surface area contributed by atoms with E-state index in [9.17, 15) is 4.79 Å². The van der Waals surface area contributed by atoms with Gasteiger partial charge in [0.1, 0.15) is 12.1 Å². The van der Waals surface area contributed by atoms with Crippen LogP contribution in [0.1, 0.15) is 17.5 Å². The summed E-state index contributed by atoms with van der Waals surface area (Å²) < 4.78 is 0. The molecule has 19 heavy (non-hydrogen) atoms. The number of amides is 1. The van der Waals surface area contributed by atoms with Crippen LogP contribution in [-0.2, 0) is 11.2 Å². The van der Waals surface area contributed by atoms with Crippen LogP contribution in [0.4, 0.5) is 11.4 Å². The zero-order valence-electron chi connectivity index (χ0n) is 10.3. The first kappa shape index (κ1) is 12.6. The number of hydrogen-bond donors (Lipinski definition) is 2. The highest BCUT2D eigenvalue weighted by Gasteiger charge is 2.18. The molecule has 0 unspecified atom stereocenters. The van der Waals surface area contributed by atoms with Gasteiger partial charge in [0.15, 0.2) is 0 Å². The minimum absolute atomic E-state index is 0.0517. The van der Waals surface area contributed by atoms with E-state index in [1.807, 2.05) is 13.0 Å². The van der Waals surface area contributed by atoms with E-state index in [0.29, 0.717) is 24.2 Å². The van der Waals surface area contributed by atoms with Gasteiger partial charge >= 0.3 is 0 Å². The lowest BCUT2D eigenvalue weighted by Crippen LogP contribution is -2.20. The number of rotatable bonds is 2. The van der Waals surface area contributed by atoms with Crippen molar-refractivity contribution in [2.75, 3.05) is 10.7 Å². The highest BCUT2D eigenvalue weighted by Crippen LogP contribution is 2.32. The van der Waals surface area contributed by atoms with E-state index in [-0.39, 0.29) is 11.6 Å². The molecule has 0 aliphatic carbocycles. The summed E-state index contributed by atoms with van der Waals surface area (Å²) in [6.45, 7) is 1.93. The topological polar surface area (TPSA) is 101 Å². The number of hydrogen-bond acceptors (Lipinski definition) is 5. The van der Waals surface area contributed by atoms with Gasteiger partial charge < -0.3 is 5.32 Å². The largest absolute Gasteiger partial charge is 0.324 e. The summed E-state index contributed by atoms with van der Waals surface area (Å²) in [4.78, 5) is 11.4. The number of nitrogens with zero attached hydrogens (tertiary/aromatic N) is 3. The molecule has 2 N–H and O–H groups in total. The first-order valence-electron chi connectivity index (χ1n) is 5.71. The molecule has 1 amide bonds. The molecule has 1 aromatic carbocycles. The van der Waals surface area contributed by atoms with Gasteiger partial charge in [0.05, 0.1) is 11.4 Å². The van der Waals surface area contributed by atoms with E-state index >= 15 is 0 Å². The van der Waals surface area contributed by atoms with Crippen LogP contribution in [0.3, 0.4) is 0 Å². The van der Waals surface area contributed by atoms with E-state index < -0.39 is 0 Å². The fourth-order valence-electron chi connectivity index (χ4n) is 1.94. The van der Waals surface area contributed by atoms with Crippen molar-refractivity contribution in [2.24, 2.45) is 5.10 Å². The van der Waals surface area contributed by atoms with E-state index in [0.717, 1.165) is 11.1 Å². The number of fused-ring (bicyclic) bond motifs is 1. The molecule has 1 heterocycles. The Kier molecular flexibility index (Phi) is 3.44. The maximum Gasteiger partial charge on any atom is 0.237 e. The Balaban J connectivity index is 2.39. The number of carbonyl (C=O) groups is 1. The van der Waals surface area contributed by atoms with Crippen LogP contribution < -0.4 is 10.7 Å². The lowest BCUT2D eigenvalue weighted by molar-refractivity contribution is -0.116. The number of nitrogens with one attached hydrogen (secondary N) is 2. The molecule has 0 saturated heterocycles. The van der Waals surface area contributed by atoms with Crippen molar-refractivity contribution < 1.29 is 4.79 Å². The highest BCUT2D eigenvalue weighted by molar-refractivity contribution is 6.10. The molecule has 6 heteroatoms. The van der Waals surface area contributed by atoms with Crippen molar-refractivity contribution in [1.82, 2.24) is 0 Å². The monoisotopic (exact) mass is 253 g/mol. The van der Waals surface area contributed by atoms with Crippen molar-refractivity contribution in [3.8, 4) is 12.1 Å². The van der Waals surface area contributed by atoms with Crippen LogP contribution in [0.25, 0.3) is 0 Å². The third-order valence-electron chi connectivity index (χ3n) is 2.75. The quantitative estimate of drug-likeness (QED) is 0.618. The SMILES string of the molecule is Cc1cc2c(c(NN=C(C#N)C#N)c1)NC(=O)CC2. The van der Waals surface area contributed by atoms with Crippen LogP contribution in [0.2, 0.25) is 0 Å². The van der Waals surface area contributed by atoms with Crippen LogP contribution in [-0.4, -0.2) is 11.6 Å². The molecule has 1 aliphatic rings. The molecule has 1 aliphatic heterocycles. The standard InChI is InChI=1S/C13H11N5O/c1-8-4-9-2-3-12(19)16-13(9)11(5-8)18-17-10(6-14)7-15/h4-5,18H,2-3H2,1H3,(H,16,19). The third kappa shape index (κ3) is 2.70. The molecule has 0 spiro atoms. The molecule has 94 valence electrons. The van der Waals surface area contributed by atoms with Crippen LogP contribution >= 0.6 is 0 Å². The number of hydrazone groups is 1. The van der Waals surface area contributed by atoms with Gasteiger partial charge in [-0.2, -0.15) is 15.6 Å². The zero-order chi connectivity index (χ0) is 13.8. The Hall–Kier alpha value is -2.86. The summed E-state index contributed by atoms with van der Waals surface area (Å²) in [5, 5.41) is 23.7. The summed E-state index contributed by atoms with van der Waals surface area (Å²) in [6, 6.07) is 7.13. The second-order valence-corrected chi connectivity index (χ2v) is 4.19. The van der Waals surface area contributed by atoms with Crippen LogP contribution in [0, 0.1) is 29.6 Å². The molecule has 0 atom stereocenters. The highest BCUT2D eigenvalue weighted by atomic mass is 16.1. The Bertz CT molecular complexity index is 632. The number of nitriles is 2. The molecule has 0 radical (unpaired) electrons. The Morgan fingerprint density at radius 3 is 2.79 bits per heavy atom. The normalized spacial score (nSPS) is 12.5. The average Bonchev–Trinajstić information content (AvgIpc) is 2.40. The van der Waals surface area contributed by atoms with Crippen molar-refractivity contribution in [2.45, 2.75) is 19.8 Å². The summed E-state index contributed by atoms with van der Waals surface area (Å²) in [5.74, 6) is -0.0517. The van der Waals surface area contributed by atoms with Gasteiger partial charge in [0, 0.05) is 6.42 Å². The Morgan fingerprint density at radius 2 is 2.11 bits per heavy atom. The minimum Gasteiger partial charge on any atom is -0.324 e. The van der Waals surface area contributed by atoms with E-state index in [1.54, 1.807) is 18.2 Å². The lowest BCUT2D eigenvalue weighted by atomic mass is 9.99. The van der Waals surface area contributed by atoms with Crippen molar-refractivity contribution in [1.29, 1.82) is 10.5 Å². The van der Waals surface area contributed by atoms with Gasteiger partial charge in [0.25, 0.3) is 0 Å². The average molecular weight is 253 g/mol. The van der Waals surface area contributed by atoms with Crippen molar-refractivity contribution in [3.05, 3.63) is 23.3 Å². The van der Waals surface area contributed by atoms with Gasteiger partial charge in [-0.05, 0) is 30.5 Å². The smallest absolute Gasteiger partial charge is 0.237 e. The van der Waals surface area contributed by atoms with E-state index in [2.05, 4.69) is 15.8 Å². The first-order valence-corrected chi connectivity index (χ1v) is 5.71. The van der Waals surface area contributed by atoms with E-state index in [1.165, 1.54) is 0 Å². The molecule has 2 rings (SSSR count). The summed E-state index contributed by atoms with van der Waals surface area (Å²) >= 11 is 0.